The van der Waals surface area contributed by atoms with Crippen molar-refractivity contribution in [3.8, 4) is 0 Å². The molecule has 1 unspecified atom stereocenters. The molecule has 0 aliphatic heterocycles. The second-order valence-electron chi connectivity index (χ2n) is 4.89. The first-order valence-electron chi connectivity index (χ1n) is 5.74. The van der Waals surface area contributed by atoms with Crippen molar-refractivity contribution < 1.29 is 10.2 Å². The van der Waals surface area contributed by atoms with Gasteiger partial charge in [-0.05, 0) is 18.3 Å². The van der Waals surface area contributed by atoms with Crippen molar-refractivity contribution >= 4 is 0 Å². The maximum absolute atomic E-state index is 9.37. The molecule has 2 heteroatoms. The van der Waals surface area contributed by atoms with Gasteiger partial charge in [0.05, 0.1) is 13.2 Å². The number of aliphatic hydroxyl groups is 2. The van der Waals surface area contributed by atoms with Gasteiger partial charge in [-0.3, -0.25) is 0 Å². The molecule has 0 amide bonds. The van der Waals surface area contributed by atoms with E-state index < -0.39 is 0 Å². The van der Waals surface area contributed by atoms with E-state index in [0.29, 0.717) is 11.8 Å². The molecule has 2 N–H and O–H groups in total. The fourth-order valence-electron chi connectivity index (χ4n) is 1.60. The topological polar surface area (TPSA) is 40.5 Å². The lowest BCUT2D eigenvalue weighted by Gasteiger charge is -2.34. The van der Waals surface area contributed by atoms with E-state index in [9.17, 15) is 10.2 Å². The van der Waals surface area contributed by atoms with Crippen LogP contribution < -0.4 is 0 Å². The molecular formula is C12H26O2. The number of hydrogen-bond acceptors (Lipinski definition) is 2. The smallest absolute Gasteiger partial charge is 0.0511 e. The highest BCUT2D eigenvalue weighted by molar-refractivity contribution is 4.81. The van der Waals surface area contributed by atoms with E-state index >= 15 is 0 Å². The van der Waals surface area contributed by atoms with Crippen LogP contribution in [0.25, 0.3) is 0 Å². The van der Waals surface area contributed by atoms with Crippen LogP contribution in [0.2, 0.25) is 0 Å². The fourth-order valence-corrected chi connectivity index (χ4v) is 1.60. The lowest BCUT2D eigenvalue weighted by molar-refractivity contribution is 0.00441. The summed E-state index contributed by atoms with van der Waals surface area (Å²) in [7, 11) is 0. The van der Waals surface area contributed by atoms with Crippen LogP contribution >= 0.6 is 0 Å². The van der Waals surface area contributed by atoms with Gasteiger partial charge in [-0.1, -0.05) is 40.5 Å². The molecule has 0 aromatic rings. The average molecular weight is 202 g/mol. The molecule has 0 spiro atoms. The van der Waals surface area contributed by atoms with Crippen LogP contribution in [0.4, 0.5) is 0 Å². The van der Waals surface area contributed by atoms with E-state index in [0.717, 1.165) is 12.8 Å². The highest BCUT2D eigenvalue weighted by Crippen LogP contribution is 2.33. The largest absolute Gasteiger partial charge is 0.396 e. The van der Waals surface area contributed by atoms with Crippen LogP contribution in [0.15, 0.2) is 0 Å². The first-order chi connectivity index (χ1) is 6.52. The van der Waals surface area contributed by atoms with Crippen molar-refractivity contribution in [2.45, 2.75) is 47.0 Å². The predicted octanol–water partition coefficient (Wildman–Crippen LogP) is 2.44. The molecule has 0 rings (SSSR count). The van der Waals surface area contributed by atoms with E-state index in [1.807, 2.05) is 0 Å². The summed E-state index contributed by atoms with van der Waals surface area (Å²) in [5.41, 5.74) is -0.274. The monoisotopic (exact) mass is 202 g/mol. The van der Waals surface area contributed by atoms with Crippen LogP contribution in [-0.2, 0) is 0 Å². The Morgan fingerprint density at radius 2 is 1.57 bits per heavy atom. The Morgan fingerprint density at radius 3 is 1.86 bits per heavy atom. The Labute approximate surface area is 88.3 Å². The maximum atomic E-state index is 9.37. The molecule has 0 aromatic heterocycles. The fraction of sp³-hybridized carbons (Fsp3) is 1.00. The Kier molecular flexibility index (Phi) is 6.38. The van der Waals surface area contributed by atoms with Gasteiger partial charge in [-0.2, -0.15) is 0 Å². The summed E-state index contributed by atoms with van der Waals surface area (Å²) in [6.07, 6.45) is 3.19. The van der Waals surface area contributed by atoms with E-state index in [1.54, 1.807) is 0 Å². The number of rotatable bonds is 7. The zero-order chi connectivity index (χ0) is 11.2. The first-order valence-corrected chi connectivity index (χ1v) is 5.74. The third-order valence-corrected chi connectivity index (χ3v) is 3.69. The van der Waals surface area contributed by atoms with Gasteiger partial charge in [0.1, 0.15) is 0 Å². The summed E-state index contributed by atoms with van der Waals surface area (Å²) in [6, 6.07) is 0. The van der Waals surface area contributed by atoms with Crippen LogP contribution in [0.5, 0.6) is 0 Å². The molecule has 86 valence electrons. The maximum Gasteiger partial charge on any atom is 0.0511 e. The molecule has 0 saturated heterocycles. The minimum Gasteiger partial charge on any atom is -0.396 e. The quantitative estimate of drug-likeness (QED) is 0.665. The molecule has 0 bridgehead atoms. The van der Waals surface area contributed by atoms with Gasteiger partial charge in [0.15, 0.2) is 0 Å². The van der Waals surface area contributed by atoms with Crippen molar-refractivity contribution in [2.75, 3.05) is 13.2 Å². The molecule has 0 radical (unpaired) electrons. The Hall–Kier alpha value is -0.0800. The predicted molar refractivity (Wildman–Crippen MR) is 60.1 cm³/mol. The SMILES string of the molecule is CCC(C)CCC(CO)(CO)C(C)C. The van der Waals surface area contributed by atoms with Gasteiger partial charge in [-0.25, -0.2) is 0 Å². The zero-order valence-corrected chi connectivity index (χ0v) is 10.1. The summed E-state index contributed by atoms with van der Waals surface area (Å²) < 4.78 is 0. The van der Waals surface area contributed by atoms with Crippen molar-refractivity contribution in [3.05, 3.63) is 0 Å². The van der Waals surface area contributed by atoms with E-state index in [4.69, 9.17) is 0 Å². The van der Waals surface area contributed by atoms with E-state index in [1.165, 1.54) is 6.42 Å². The molecule has 0 heterocycles. The van der Waals surface area contributed by atoms with Crippen LogP contribution in [0.3, 0.4) is 0 Å². The van der Waals surface area contributed by atoms with Crippen LogP contribution in [0.1, 0.15) is 47.0 Å². The highest BCUT2D eigenvalue weighted by Gasteiger charge is 2.32. The van der Waals surface area contributed by atoms with Gasteiger partial charge >= 0.3 is 0 Å². The Balaban J connectivity index is 4.22. The van der Waals surface area contributed by atoms with Crippen LogP contribution in [-0.4, -0.2) is 23.4 Å². The standard InChI is InChI=1S/C12H26O2/c1-5-11(4)6-7-12(8-13,9-14)10(2)3/h10-11,13-14H,5-9H2,1-4H3. The summed E-state index contributed by atoms with van der Waals surface area (Å²) in [5.74, 6) is 1.02. The second-order valence-corrected chi connectivity index (χ2v) is 4.89. The highest BCUT2D eigenvalue weighted by atomic mass is 16.3. The lowest BCUT2D eigenvalue weighted by Crippen LogP contribution is -2.35. The third kappa shape index (κ3) is 3.58. The molecule has 0 aliphatic rings. The summed E-state index contributed by atoms with van der Waals surface area (Å²) in [5, 5.41) is 18.7. The summed E-state index contributed by atoms with van der Waals surface area (Å²) in [4.78, 5) is 0. The third-order valence-electron chi connectivity index (χ3n) is 3.69. The lowest BCUT2D eigenvalue weighted by atomic mass is 9.73. The number of hydrogen-bond donors (Lipinski definition) is 2. The van der Waals surface area contributed by atoms with Crippen LogP contribution in [0, 0.1) is 17.3 Å². The molecule has 0 saturated carbocycles. The molecule has 1 atom stereocenters. The van der Waals surface area contributed by atoms with Crippen molar-refractivity contribution in [2.24, 2.45) is 17.3 Å². The van der Waals surface area contributed by atoms with Crippen molar-refractivity contribution in [1.29, 1.82) is 0 Å². The molecule has 2 nitrogen and oxygen atoms in total. The van der Waals surface area contributed by atoms with Gasteiger partial charge in [-0.15, -0.1) is 0 Å². The normalized spacial score (nSPS) is 14.8. The van der Waals surface area contributed by atoms with E-state index in [2.05, 4.69) is 27.7 Å². The average Bonchev–Trinajstić information content (AvgIpc) is 2.19. The molecule has 0 aliphatic carbocycles. The number of aliphatic hydroxyl groups excluding tert-OH is 2. The van der Waals surface area contributed by atoms with Crippen molar-refractivity contribution in [1.82, 2.24) is 0 Å². The van der Waals surface area contributed by atoms with Gasteiger partial charge in [0, 0.05) is 5.41 Å². The minimum absolute atomic E-state index is 0.0948. The van der Waals surface area contributed by atoms with E-state index in [-0.39, 0.29) is 18.6 Å². The van der Waals surface area contributed by atoms with Gasteiger partial charge in [0.2, 0.25) is 0 Å². The molecule has 0 aromatic carbocycles. The Morgan fingerprint density at radius 1 is 1.07 bits per heavy atom. The van der Waals surface area contributed by atoms with Crippen molar-refractivity contribution in [3.63, 3.8) is 0 Å². The minimum atomic E-state index is -0.274. The zero-order valence-electron chi connectivity index (χ0n) is 10.1. The Bertz CT molecular complexity index is 139. The summed E-state index contributed by atoms with van der Waals surface area (Å²) >= 11 is 0. The van der Waals surface area contributed by atoms with Gasteiger partial charge in [0.25, 0.3) is 0 Å². The first kappa shape index (κ1) is 13.9. The molecular weight excluding hydrogens is 176 g/mol. The molecule has 0 fully saturated rings. The van der Waals surface area contributed by atoms with Gasteiger partial charge < -0.3 is 10.2 Å². The second kappa shape index (κ2) is 6.41. The molecule has 14 heavy (non-hydrogen) atoms. The summed E-state index contributed by atoms with van der Waals surface area (Å²) in [6.45, 7) is 8.74.